The van der Waals surface area contributed by atoms with Gasteiger partial charge < -0.3 is 5.32 Å². The number of rotatable bonds is 3. The van der Waals surface area contributed by atoms with Crippen LogP contribution >= 0.6 is 15.9 Å². The van der Waals surface area contributed by atoms with Crippen molar-refractivity contribution in [3.05, 3.63) is 63.6 Å². The molecule has 0 saturated carbocycles. The van der Waals surface area contributed by atoms with Crippen molar-refractivity contribution in [3.63, 3.8) is 0 Å². The summed E-state index contributed by atoms with van der Waals surface area (Å²) < 4.78 is 52.7. The molecule has 0 aliphatic heterocycles. The van der Waals surface area contributed by atoms with E-state index >= 15 is 0 Å². The summed E-state index contributed by atoms with van der Waals surface area (Å²) in [5, 5.41) is 2.81. The van der Waals surface area contributed by atoms with Gasteiger partial charge in [-0.05, 0) is 46.7 Å². The molecule has 0 aliphatic carbocycles. The molecule has 7 heteroatoms. The summed E-state index contributed by atoms with van der Waals surface area (Å²) in [5.41, 5.74) is -0.271. The molecule has 2 rings (SSSR count). The highest BCUT2D eigenvalue weighted by Crippen LogP contribution is 2.36. The summed E-state index contributed by atoms with van der Waals surface area (Å²) >= 11 is 3.03. The fourth-order valence-corrected chi connectivity index (χ4v) is 2.49. The van der Waals surface area contributed by atoms with Crippen molar-refractivity contribution in [1.82, 2.24) is 10.3 Å². The first-order valence-electron chi connectivity index (χ1n) is 5.98. The fourth-order valence-electron chi connectivity index (χ4n) is 2.09. The molecule has 0 aliphatic rings. The number of benzene rings is 1. The highest BCUT2D eigenvalue weighted by atomic mass is 79.9. The number of alkyl halides is 3. The summed E-state index contributed by atoms with van der Waals surface area (Å²) in [6.07, 6.45) is -2.22. The summed E-state index contributed by atoms with van der Waals surface area (Å²) in [6.45, 7) is 0. The van der Waals surface area contributed by atoms with Gasteiger partial charge in [0.05, 0.1) is 16.1 Å². The Morgan fingerprint density at radius 3 is 2.52 bits per heavy atom. The number of hydrogen-bond acceptors (Lipinski definition) is 2. The lowest BCUT2D eigenvalue weighted by molar-refractivity contribution is -0.138. The Bertz CT molecular complexity index is 643. The van der Waals surface area contributed by atoms with Gasteiger partial charge in [0.2, 0.25) is 0 Å². The Balaban J connectivity index is 2.54. The van der Waals surface area contributed by atoms with Crippen molar-refractivity contribution < 1.29 is 17.6 Å². The molecular formula is C14H11BrF4N2. The quantitative estimate of drug-likeness (QED) is 0.823. The first-order chi connectivity index (χ1) is 9.84. The van der Waals surface area contributed by atoms with E-state index in [0.717, 1.165) is 12.3 Å². The van der Waals surface area contributed by atoms with E-state index in [-0.39, 0.29) is 10.0 Å². The first kappa shape index (κ1) is 15.9. The van der Waals surface area contributed by atoms with Gasteiger partial charge in [0.15, 0.2) is 0 Å². The Labute approximate surface area is 127 Å². The van der Waals surface area contributed by atoms with Gasteiger partial charge in [-0.25, -0.2) is 4.39 Å². The van der Waals surface area contributed by atoms with Crippen molar-refractivity contribution >= 4 is 15.9 Å². The Morgan fingerprint density at radius 1 is 1.24 bits per heavy atom. The van der Waals surface area contributed by atoms with Crippen LogP contribution < -0.4 is 5.32 Å². The summed E-state index contributed by atoms with van der Waals surface area (Å²) in [4.78, 5) is 3.77. The van der Waals surface area contributed by atoms with E-state index in [1.807, 2.05) is 0 Å². The number of pyridine rings is 1. The number of aromatic nitrogens is 1. The number of nitrogens with zero attached hydrogens (tertiary/aromatic N) is 1. The lowest BCUT2D eigenvalue weighted by atomic mass is 9.96. The minimum Gasteiger partial charge on any atom is -0.309 e. The van der Waals surface area contributed by atoms with Crippen molar-refractivity contribution in [1.29, 1.82) is 0 Å². The Kier molecular flexibility index (Phi) is 4.63. The van der Waals surface area contributed by atoms with Crippen LogP contribution in [-0.4, -0.2) is 12.0 Å². The molecule has 112 valence electrons. The maximum atomic E-state index is 13.3. The molecule has 1 atom stereocenters. The zero-order chi connectivity index (χ0) is 15.6. The average Bonchev–Trinajstić information content (AvgIpc) is 2.43. The minimum atomic E-state index is -4.48. The van der Waals surface area contributed by atoms with Crippen LogP contribution in [0.15, 0.2) is 41.1 Å². The molecule has 1 aromatic heterocycles. The zero-order valence-electron chi connectivity index (χ0n) is 10.9. The maximum Gasteiger partial charge on any atom is 0.416 e. The maximum absolute atomic E-state index is 13.3. The molecule has 1 aromatic carbocycles. The van der Waals surface area contributed by atoms with E-state index in [4.69, 9.17) is 0 Å². The lowest BCUT2D eigenvalue weighted by Gasteiger charge is -2.21. The van der Waals surface area contributed by atoms with E-state index in [9.17, 15) is 17.6 Å². The molecule has 21 heavy (non-hydrogen) atoms. The summed E-state index contributed by atoms with van der Waals surface area (Å²) in [5.74, 6) is -0.476. The molecule has 0 fully saturated rings. The first-order valence-corrected chi connectivity index (χ1v) is 6.77. The van der Waals surface area contributed by atoms with Crippen LogP contribution in [0.4, 0.5) is 17.6 Å². The second-order valence-corrected chi connectivity index (χ2v) is 5.21. The molecule has 0 saturated heterocycles. The van der Waals surface area contributed by atoms with Gasteiger partial charge in [0, 0.05) is 18.0 Å². The summed E-state index contributed by atoms with van der Waals surface area (Å²) in [7, 11) is 1.54. The van der Waals surface area contributed by atoms with Gasteiger partial charge in [-0.1, -0.05) is 6.07 Å². The van der Waals surface area contributed by atoms with Crippen LogP contribution in [-0.2, 0) is 6.18 Å². The van der Waals surface area contributed by atoms with Gasteiger partial charge in [-0.15, -0.1) is 0 Å². The topological polar surface area (TPSA) is 24.9 Å². The van der Waals surface area contributed by atoms with E-state index in [2.05, 4.69) is 26.2 Å². The van der Waals surface area contributed by atoms with Gasteiger partial charge >= 0.3 is 6.18 Å². The van der Waals surface area contributed by atoms with Crippen LogP contribution in [0.25, 0.3) is 0 Å². The van der Waals surface area contributed by atoms with Crippen LogP contribution in [0.2, 0.25) is 0 Å². The largest absolute Gasteiger partial charge is 0.416 e. The monoisotopic (exact) mass is 362 g/mol. The average molecular weight is 363 g/mol. The van der Waals surface area contributed by atoms with Gasteiger partial charge in [0.25, 0.3) is 0 Å². The third kappa shape index (κ3) is 3.41. The van der Waals surface area contributed by atoms with E-state index < -0.39 is 23.6 Å². The number of halogens is 5. The number of nitrogens with one attached hydrogen (secondary N) is 1. The molecule has 2 aromatic rings. The molecule has 1 unspecified atom stereocenters. The van der Waals surface area contributed by atoms with Crippen LogP contribution in [0.1, 0.15) is 22.7 Å². The predicted octanol–water partition coefficient (Wildman–Crippen LogP) is 4.31. The molecule has 0 radical (unpaired) electrons. The fraction of sp³-hybridized carbons (Fsp3) is 0.214. The number of hydrogen-bond donors (Lipinski definition) is 1. The molecule has 2 nitrogen and oxygen atoms in total. The highest BCUT2D eigenvalue weighted by molar-refractivity contribution is 9.10. The lowest BCUT2D eigenvalue weighted by Crippen LogP contribution is -2.22. The van der Waals surface area contributed by atoms with Crippen LogP contribution in [0.3, 0.4) is 0 Å². The van der Waals surface area contributed by atoms with Gasteiger partial charge in [-0.2, -0.15) is 13.2 Å². The highest BCUT2D eigenvalue weighted by Gasteiger charge is 2.35. The minimum absolute atomic E-state index is 0.00833. The zero-order valence-corrected chi connectivity index (χ0v) is 12.5. The normalized spacial score (nSPS) is 13.2. The molecule has 0 bridgehead atoms. The van der Waals surface area contributed by atoms with Gasteiger partial charge in [-0.3, -0.25) is 4.98 Å². The van der Waals surface area contributed by atoms with Crippen molar-refractivity contribution in [3.8, 4) is 0 Å². The van der Waals surface area contributed by atoms with Gasteiger partial charge in [0.1, 0.15) is 5.82 Å². The molecule has 1 N–H and O–H groups in total. The third-order valence-corrected chi connectivity index (χ3v) is 3.64. The standard InChI is InChI=1S/C14H11BrF4N2/c1-20-13(8-2-3-12(16)11(15)6-8)9-7-21-5-4-10(9)14(17,18)19/h2-7,13,20H,1H3. The summed E-state index contributed by atoms with van der Waals surface area (Å²) in [6, 6.07) is 4.27. The Hall–Kier alpha value is -1.47. The van der Waals surface area contributed by atoms with E-state index in [0.29, 0.717) is 5.56 Å². The van der Waals surface area contributed by atoms with Crippen molar-refractivity contribution in [2.75, 3.05) is 7.05 Å². The predicted molar refractivity (Wildman–Crippen MR) is 74.2 cm³/mol. The van der Waals surface area contributed by atoms with E-state index in [1.54, 1.807) is 0 Å². The van der Waals surface area contributed by atoms with Crippen LogP contribution in [0.5, 0.6) is 0 Å². The van der Waals surface area contributed by atoms with E-state index in [1.165, 1.54) is 31.4 Å². The van der Waals surface area contributed by atoms with Crippen LogP contribution in [0, 0.1) is 5.82 Å². The second-order valence-electron chi connectivity index (χ2n) is 4.36. The molecule has 0 spiro atoms. The SMILES string of the molecule is CNC(c1ccc(F)c(Br)c1)c1cnccc1C(F)(F)F. The van der Waals surface area contributed by atoms with Crippen molar-refractivity contribution in [2.24, 2.45) is 0 Å². The molecule has 1 heterocycles. The second kappa shape index (κ2) is 6.11. The van der Waals surface area contributed by atoms with Crippen molar-refractivity contribution in [2.45, 2.75) is 12.2 Å². The molecule has 0 amide bonds. The third-order valence-electron chi connectivity index (χ3n) is 3.03. The molecular weight excluding hydrogens is 352 g/mol. The Morgan fingerprint density at radius 2 is 1.95 bits per heavy atom. The smallest absolute Gasteiger partial charge is 0.309 e.